The Morgan fingerprint density at radius 3 is 2.79 bits per heavy atom. The number of halogens is 1. The van der Waals surface area contributed by atoms with Gasteiger partial charge in [-0.1, -0.05) is 15.9 Å². The normalized spacial score (nSPS) is 11.4. The average molecular weight is 254 g/mol. The summed E-state index contributed by atoms with van der Waals surface area (Å²) < 4.78 is 3.08. The summed E-state index contributed by atoms with van der Waals surface area (Å²) in [6.45, 7) is 4.19. The molecule has 14 heavy (non-hydrogen) atoms. The van der Waals surface area contributed by atoms with Gasteiger partial charge in [0.2, 0.25) is 5.95 Å². The second-order valence-electron chi connectivity index (χ2n) is 3.57. The molecule has 2 rings (SSSR count). The summed E-state index contributed by atoms with van der Waals surface area (Å²) in [7, 11) is 0. The number of nitrogen functional groups attached to an aromatic ring is 1. The van der Waals surface area contributed by atoms with Crippen molar-refractivity contribution in [2.75, 3.05) is 5.73 Å². The van der Waals surface area contributed by atoms with E-state index in [9.17, 15) is 0 Å². The molecule has 0 unspecified atom stereocenters. The second-order valence-corrected chi connectivity index (χ2v) is 4.48. The number of imidazole rings is 1. The Balaban J connectivity index is 2.79. The van der Waals surface area contributed by atoms with Crippen molar-refractivity contribution in [2.24, 2.45) is 0 Å². The molecule has 2 N–H and O–H groups in total. The van der Waals surface area contributed by atoms with Crippen LogP contribution in [0.25, 0.3) is 11.0 Å². The molecule has 1 heterocycles. The van der Waals surface area contributed by atoms with E-state index in [1.165, 1.54) is 0 Å². The quantitative estimate of drug-likeness (QED) is 0.850. The van der Waals surface area contributed by atoms with Crippen LogP contribution >= 0.6 is 15.9 Å². The van der Waals surface area contributed by atoms with E-state index < -0.39 is 0 Å². The lowest BCUT2D eigenvalue weighted by molar-refractivity contribution is 0.627. The van der Waals surface area contributed by atoms with Crippen LogP contribution in [0.2, 0.25) is 0 Å². The van der Waals surface area contributed by atoms with Crippen LogP contribution in [0.5, 0.6) is 0 Å². The molecule has 0 atom stereocenters. The Morgan fingerprint density at radius 1 is 1.43 bits per heavy atom. The standard InChI is InChI=1S/C10H12BrN3/c1-6(2)14-9-5-7(11)3-4-8(9)13-10(14)12/h3-6H,1-2H3,(H2,12,13). The van der Waals surface area contributed by atoms with E-state index in [2.05, 4.69) is 34.8 Å². The van der Waals surface area contributed by atoms with Gasteiger partial charge in [-0.2, -0.15) is 0 Å². The van der Waals surface area contributed by atoms with Crippen molar-refractivity contribution >= 4 is 32.9 Å². The molecule has 0 aliphatic rings. The number of anilines is 1. The number of hydrogen-bond acceptors (Lipinski definition) is 2. The zero-order valence-electron chi connectivity index (χ0n) is 8.16. The Kier molecular flexibility index (Phi) is 2.23. The summed E-state index contributed by atoms with van der Waals surface area (Å²) >= 11 is 3.44. The Hall–Kier alpha value is -1.03. The lowest BCUT2D eigenvalue weighted by atomic mass is 10.3. The van der Waals surface area contributed by atoms with Gasteiger partial charge in [0.25, 0.3) is 0 Å². The van der Waals surface area contributed by atoms with Gasteiger partial charge in [0.05, 0.1) is 11.0 Å². The number of benzene rings is 1. The van der Waals surface area contributed by atoms with E-state index in [-0.39, 0.29) is 0 Å². The van der Waals surface area contributed by atoms with Gasteiger partial charge in [0.1, 0.15) is 0 Å². The van der Waals surface area contributed by atoms with Crippen LogP contribution < -0.4 is 5.73 Å². The smallest absolute Gasteiger partial charge is 0.201 e. The maximum Gasteiger partial charge on any atom is 0.201 e. The molecule has 0 amide bonds. The van der Waals surface area contributed by atoms with Crippen LogP contribution in [-0.4, -0.2) is 9.55 Å². The summed E-state index contributed by atoms with van der Waals surface area (Å²) in [5, 5.41) is 0. The van der Waals surface area contributed by atoms with Crippen molar-refractivity contribution < 1.29 is 0 Å². The highest BCUT2D eigenvalue weighted by atomic mass is 79.9. The van der Waals surface area contributed by atoms with Gasteiger partial charge in [-0.25, -0.2) is 4.98 Å². The third-order valence-electron chi connectivity index (χ3n) is 2.20. The van der Waals surface area contributed by atoms with Crippen LogP contribution in [-0.2, 0) is 0 Å². The van der Waals surface area contributed by atoms with E-state index in [1.807, 2.05) is 22.8 Å². The zero-order chi connectivity index (χ0) is 10.3. The summed E-state index contributed by atoms with van der Waals surface area (Å²) in [6.07, 6.45) is 0. The molecular formula is C10H12BrN3. The maximum atomic E-state index is 5.84. The topological polar surface area (TPSA) is 43.8 Å². The molecule has 0 aliphatic heterocycles. The highest BCUT2D eigenvalue weighted by Crippen LogP contribution is 2.25. The van der Waals surface area contributed by atoms with Gasteiger partial charge in [-0.15, -0.1) is 0 Å². The number of rotatable bonds is 1. The van der Waals surface area contributed by atoms with Crippen LogP contribution in [0.4, 0.5) is 5.95 Å². The van der Waals surface area contributed by atoms with Crippen molar-refractivity contribution in [3.8, 4) is 0 Å². The minimum Gasteiger partial charge on any atom is -0.369 e. The van der Waals surface area contributed by atoms with Gasteiger partial charge in [0.15, 0.2) is 0 Å². The summed E-state index contributed by atoms with van der Waals surface area (Å²) in [5.74, 6) is 0.577. The molecule has 2 aromatic rings. The van der Waals surface area contributed by atoms with E-state index in [0.717, 1.165) is 15.5 Å². The molecule has 0 spiro atoms. The molecule has 0 aliphatic carbocycles. The highest BCUT2D eigenvalue weighted by Gasteiger charge is 2.10. The predicted octanol–water partition coefficient (Wildman–Crippen LogP) is 2.96. The largest absolute Gasteiger partial charge is 0.369 e. The molecule has 3 nitrogen and oxygen atoms in total. The fourth-order valence-electron chi connectivity index (χ4n) is 1.63. The van der Waals surface area contributed by atoms with E-state index >= 15 is 0 Å². The molecule has 0 bridgehead atoms. The van der Waals surface area contributed by atoms with Gasteiger partial charge >= 0.3 is 0 Å². The van der Waals surface area contributed by atoms with Gasteiger partial charge < -0.3 is 10.3 Å². The number of nitrogens with zero attached hydrogens (tertiary/aromatic N) is 2. The minimum absolute atomic E-state index is 0.328. The molecule has 1 aromatic heterocycles. The van der Waals surface area contributed by atoms with Crippen molar-refractivity contribution in [2.45, 2.75) is 19.9 Å². The summed E-state index contributed by atoms with van der Waals surface area (Å²) in [6, 6.07) is 6.31. The Bertz CT molecular complexity index is 473. The first-order valence-electron chi connectivity index (χ1n) is 4.52. The minimum atomic E-state index is 0.328. The fraction of sp³-hybridized carbons (Fsp3) is 0.300. The van der Waals surface area contributed by atoms with Crippen molar-refractivity contribution in [3.05, 3.63) is 22.7 Å². The first-order valence-corrected chi connectivity index (χ1v) is 5.32. The number of hydrogen-bond donors (Lipinski definition) is 1. The van der Waals surface area contributed by atoms with Gasteiger partial charge in [-0.05, 0) is 32.0 Å². The number of fused-ring (bicyclic) bond motifs is 1. The fourth-order valence-corrected chi connectivity index (χ4v) is 1.98. The van der Waals surface area contributed by atoms with Gasteiger partial charge in [-0.3, -0.25) is 0 Å². The van der Waals surface area contributed by atoms with E-state index in [1.54, 1.807) is 0 Å². The van der Waals surface area contributed by atoms with Gasteiger partial charge in [0, 0.05) is 10.5 Å². The Morgan fingerprint density at radius 2 is 2.14 bits per heavy atom. The van der Waals surface area contributed by atoms with Crippen LogP contribution in [0.1, 0.15) is 19.9 Å². The first kappa shape index (κ1) is 9.52. The summed E-state index contributed by atoms with van der Waals surface area (Å²) in [5.41, 5.74) is 7.86. The molecule has 0 saturated heterocycles. The highest BCUT2D eigenvalue weighted by molar-refractivity contribution is 9.10. The Labute approximate surface area is 91.1 Å². The van der Waals surface area contributed by atoms with Crippen LogP contribution in [0.15, 0.2) is 22.7 Å². The molecule has 0 saturated carbocycles. The lowest BCUT2D eigenvalue weighted by Crippen LogP contribution is -2.05. The molecule has 74 valence electrons. The molecule has 0 fully saturated rings. The number of aromatic nitrogens is 2. The summed E-state index contributed by atoms with van der Waals surface area (Å²) in [4.78, 5) is 4.30. The molecule has 0 radical (unpaired) electrons. The molecule has 4 heteroatoms. The second kappa shape index (κ2) is 3.28. The number of nitrogens with two attached hydrogens (primary N) is 1. The van der Waals surface area contributed by atoms with Crippen molar-refractivity contribution in [3.63, 3.8) is 0 Å². The third kappa shape index (κ3) is 1.39. The van der Waals surface area contributed by atoms with E-state index in [0.29, 0.717) is 12.0 Å². The van der Waals surface area contributed by atoms with E-state index in [4.69, 9.17) is 5.73 Å². The predicted molar refractivity (Wildman–Crippen MR) is 62.2 cm³/mol. The average Bonchev–Trinajstić information content (AvgIpc) is 2.40. The first-order chi connectivity index (χ1) is 6.59. The molecular weight excluding hydrogens is 242 g/mol. The van der Waals surface area contributed by atoms with Crippen LogP contribution in [0, 0.1) is 0 Å². The van der Waals surface area contributed by atoms with Crippen molar-refractivity contribution in [1.82, 2.24) is 9.55 Å². The zero-order valence-corrected chi connectivity index (χ0v) is 9.75. The maximum absolute atomic E-state index is 5.84. The third-order valence-corrected chi connectivity index (χ3v) is 2.69. The lowest BCUT2D eigenvalue weighted by Gasteiger charge is -2.09. The van der Waals surface area contributed by atoms with Crippen molar-refractivity contribution in [1.29, 1.82) is 0 Å². The monoisotopic (exact) mass is 253 g/mol. The van der Waals surface area contributed by atoms with Crippen LogP contribution in [0.3, 0.4) is 0 Å². The molecule has 1 aromatic carbocycles. The SMILES string of the molecule is CC(C)n1c(N)nc2ccc(Br)cc21.